The number of rotatable bonds is 6. The average Bonchev–Trinajstić information content (AvgIpc) is 3.48. The van der Waals surface area contributed by atoms with E-state index in [-0.39, 0.29) is 10.7 Å². The van der Waals surface area contributed by atoms with Crippen LogP contribution in [0.2, 0.25) is 0 Å². The van der Waals surface area contributed by atoms with E-state index in [1.807, 2.05) is 36.5 Å². The fourth-order valence-electron chi connectivity index (χ4n) is 3.38. The summed E-state index contributed by atoms with van der Waals surface area (Å²) in [5.74, 6) is 0.525. The van der Waals surface area contributed by atoms with Gasteiger partial charge in [-0.3, -0.25) is 9.71 Å². The Balaban J connectivity index is 1.59. The number of hydrogen-bond donors (Lipinski definition) is 1. The number of ether oxygens (including phenoxy) is 1. The van der Waals surface area contributed by atoms with Crippen molar-refractivity contribution in [1.82, 2.24) is 19.9 Å². The number of hydrogen-bond acceptors (Lipinski definition) is 7. The summed E-state index contributed by atoms with van der Waals surface area (Å²) >= 11 is 0. The van der Waals surface area contributed by atoms with Gasteiger partial charge in [-0.1, -0.05) is 29.4 Å². The molecule has 0 radical (unpaired) electrons. The number of fused-ring (bicyclic) bond motifs is 1. The minimum Gasteiger partial charge on any atom is -0.479 e. The van der Waals surface area contributed by atoms with Crippen molar-refractivity contribution < 1.29 is 17.7 Å². The van der Waals surface area contributed by atoms with E-state index >= 15 is 0 Å². The van der Waals surface area contributed by atoms with E-state index in [1.54, 1.807) is 36.2 Å². The number of sulfonamides is 1. The summed E-state index contributed by atoms with van der Waals surface area (Å²) in [6.45, 7) is 0. The highest BCUT2D eigenvalue weighted by Crippen LogP contribution is 2.34. The van der Waals surface area contributed by atoms with Crippen molar-refractivity contribution in [2.24, 2.45) is 0 Å². The molecule has 0 aliphatic rings. The van der Waals surface area contributed by atoms with Crippen LogP contribution in [-0.4, -0.2) is 35.4 Å². The summed E-state index contributed by atoms with van der Waals surface area (Å²) < 4.78 is 39.7. The lowest BCUT2D eigenvalue weighted by molar-refractivity contribution is 0.395. The van der Waals surface area contributed by atoms with E-state index in [9.17, 15) is 8.42 Å². The highest BCUT2D eigenvalue weighted by atomic mass is 32.2. The molecular weight excluding hydrogens is 430 g/mol. The Bertz CT molecular complexity index is 1500. The van der Waals surface area contributed by atoms with Crippen molar-refractivity contribution in [3.8, 4) is 22.8 Å². The maximum atomic E-state index is 12.7. The lowest BCUT2D eigenvalue weighted by Gasteiger charge is -2.09. The molecule has 0 atom stereocenters. The van der Waals surface area contributed by atoms with Gasteiger partial charge in [0.1, 0.15) is 6.26 Å². The lowest BCUT2D eigenvalue weighted by atomic mass is 10.1. The first-order valence-electron chi connectivity index (χ1n) is 9.56. The summed E-state index contributed by atoms with van der Waals surface area (Å²) in [6.07, 6.45) is 4.75. The first-order valence-corrected chi connectivity index (χ1v) is 11.0. The number of pyridine rings is 1. The third kappa shape index (κ3) is 3.56. The van der Waals surface area contributed by atoms with Crippen LogP contribution in [0.15, 0.2) is 88.7 Å². The van der Waals surface area contributed by atoms with Gasteiger partial charge in [0.05, 0.1) is 29.0 Å². The van der Waals surface area contributed by atoms with E-state index in [0.717, 1.165) is 11.1 Å². The molecule has 0 saturated carbocycles. The number of nitrogens with one attached hydrogen (secondary N) is 1. The van der Waals surface area contributed by atoms with E-state index in [2.05, 4.69) is 24.5 Å². The third-order valence-corrected chi connectivity index (χ3v) is 6.22. The molecule has 3 heterocycles. The van der Waals surface area contributed by atoms with Gasteiger partial charge >= 0.3 is 0 Å². The number of aromatic nitrogens is 4. The number of methoxy groups -OCH3 is 1. The highest BCUT2D eigenvalue weighted by Gasteiger charge is 2.19. The third-order valence-electron chi connectivity index (χ3n) is 4.87. The number of anilines is 1. The Hall–Kier alpha value is -4.18. The van der Waals surface area contributed by atoms with Crippen molar-refractivity contribution in [2.75, 3.05) is 11.8 Å². The quantitative estimate of drug-likeness (QED) is 0.420. The summed E-state index contributed by atoms with van der Waals surface area (Å²) in [5, 5.41) is 9.57. The molecule has 9 nitrogen and oxygen atoms in total. The summed E-state index contributed by atoms with van der Waals surface area (Å²) in [4.78, 5) is 4.62. The molecule has 1 N–H and O–H groups in total. The predicted octanol–water partition coefficient (Wildman–Crippen LogP) is 3.88. The predicted molar refractivity (Wildman–Crippen MR) is 118 cm³/mol. The average molecular weight is 447 g/mol. The Kier molecular flexibility index (Phi) is 4.83. The second-order valence-corrected chi connectivity index (χ2v) is 8.55. The Labute approximate surface area is 183 Å². The molecule has 160 valence electrons. The maximum Gasteiger partial charge on any atom is 0.263 e. The molecule has 3 aromatic heterocycles. The van der Waals surface area contributed by atoms with Gasteiger partial charge in [-0.15, -0.1) is 5.10 Å². The van der Waals surface area contributed by atoms with Crippen LogP contribution in [0, 0.1) is 0 Å². The fraction of sp³-hybridized carbons (Fsp3) is 0.0455. The largest absolute Gasteiger partial charge is 0.479 e. The van der Waals surface area contributed by atoms with Crippen LogP contribution in [0.5, 0.6) is 5.88 Å². The molecule has 5 aromatic rings. The molecular formula is C22H17N5O4S. The molecule has 0 fully saturated rings. The molecule has 2 aromatic carbocycles. The van der Waals surface area contributed by atoms with Crippen LogP contribution in [0.3, 0.4) is 0 Å². The van der Waals surface area contributed by atoms with E-state index in [0.29, 0.717) is 22.5 Å². The minimum absolute atomic E-state index is 0.0945. The molecule has 0 saturated heterocycles. The zero-order valence-electron chi connectivity index (χ0n) is 16.8. The van der Waals surface area contributed by atoms with Crippen LogP contribution in [-0.2, 0) is 10.0 Å². The van der Waals surface area contributed by atoms with Crippen LogP contribution in [0.1, 0.15) is 0 Å². The van der Waals surface area contributed by atoms with Gasteiger partial charge in [0.15, 0.2) is 5.82 Å². The standard InChI is InChI=1S/C22H17N5O4S/c1-30-22-19(14-27(24-22)16-5-3-2-4-6-16)21-18-8-7-17(13-15(18)9-11-23-21)32(28,29)26-20-10-12-31-25-20/h2-14H,1H3,(H,25,26). The van der Waals surface area contributed by atoms with E-state index < -0.39 is 10.0 Å². The maximum absolute atomic E-state index is 12.7. The van der Waals surface area contributed by atoms with Gasteiger partial charge in [0.2, 0.25) is 5.88 Å². The van der Waals surface area contributed by atoms with Gasteiger partial charge in [-0.25, -0.2) is 13.1 Å². The summed E-state index contributed by atoms with van der Waals surface area (Å²) in [6, 6.07) is 17.6. The zero-order chi connectivity index (χ0) is 22.1. The van der Waals surface area contributed by atoms with Crippen molar-refractivity contribution in [1.29, 1.82) is 0 Å². The minimum atomic E-state index is -3.83. The topological polar surface area (TPSA) is 112 Å². The molecule has 0 aliphatic carbocycles. The Morgan fingerprint density at radius 2 is 1.91 bits per heavy atom. The normalized spacial score (nSPS) is 11.5. The summed E-state index contributed by atoms with van der Waals surface area (Å²) in [5.41, 5.74) is 2.21. The highest BCUT2D eigenvalue weighted by molar-refractivity contribution is 7.92. The molecule has 0 unspecified atom stereocenters. The first kappa shape index (κ1) is 19.8. The van der Waals surface area contributed by atoms with Gasteiger partial charge in [-0.2, -0.15) is 0 Å². The zero-order valence-corrected chi connectivity index (χ0v) is 17.7. The molecule has 0 aliphatic heterocycles. The van der Waals surface area contributed by atoms with Gasteiger partial charge in [-0.05, 0) is 35.7 Å². The van der Waals surface area contributed by atoms with E-state index in [4.69, 9.17) is 4.74 Å². The van der Waals surface area contributed by atoms with Gasteiger partial charge in [0, 0.05) is 23.8 Å². The molecule has 5 rings (SSSR count). The van der Waals surface area contributed by atoms with Crippen LogP contribution in [0.25, 0.3) is 27.7 Å². The van der Waals surface area contributed by atoms with Crippen molar-refractivity contribution in [3.05, 3.63) is 79.3 Å². The molecule has 32 heavy (non-hydrogen) atoms. The summed E-state index contributed by atoms with van der Waals surface area (Å²) in [7, 11) is -2.28. The van der Waals surface area contributed by atoms with Gasteiger partial charge in [0.25, 0.3) is 10.0 Å². The van der Waals surface area contributed by atoms with Crippen LogP contribution in [0.4, 0.5) is 5.82 Å². The second kappa shape index (κ2) is 7.82. The SMILES string of the molecule is COc1nn(-c2ccccc2)cc1-c1nccc2cc(S(=O)(=O)Nc3ccon3)ccc12. The number of para-hydroxylation sites is 1. The number of benzene rings is 2. The van der Waals surface area contributed by atoms with E-state index in [1.165, 1.54) is 18.4 Å². The molecule has 0 spiro atoms. The molecule has 0 amide bonds. The monoisotopic (exact) mass is 447 g/mol. The fourth-order valence-corrected chi connectivity index (χ4v) is 4.41. The number of nitrogens with zero attached hydrogens (tertiary/aromatic N) is 4. The second-order valence-electron chi connectivity index (χ2n) is 6.86. The van der Waals surface area contributed by atoms with Crippen LogP contribution < -0.4 is 9.46 Å². The van der Waals surface area contributed by atoms with Crippen molar-refractivity contribution in [3.63, 3.8) is 0 Å². The lowest BCUT2D eigenvalue weighted by Crippen LogP contribution is -2.13. The molecule has 10 heteroatoms. The van der Waals surface area contributed by atoms with Crippen molar-refractivity contribution >= 4 is 26.6 Å². The Morgan fingerprint density at radius 3 is 2.66 bits per heavy atom. The molecule has 0 bridgehead atoms. The van der Waals surface area contributed by atoms with Crippen LogP contribution >= 0.6 is 0 Å². The Morgan fingerprint density at radius 1 is 1.06 bits per heavy atom. The smallest absolute Gasteiger partial charge is 0.263 e. The van der Waals surface area contributed by atoms with Gasteiger partial charge < -0.3 is 9.26 Å². The van der Waals surface area contributed by atoms with Crippen molar-refractivity contribution in [2.45, 2.75) is 4.90 Å². The first-order chi connectivity index (χ1) is 15.5.